The van der Waals surface area contributed by atoms with Crippen molar-refractivity contribution in [2.24, 2.45) is 17.4 Å². The first-order valence-corrected chi connectivity index (χ1v) is 7.21. The molecule has 1 unspecified atom stereocenters. The van der Waals surface area contributed by atoms with Crippen molar-refractivity contribution in [1.29, 1.82) is 0 Å². The highest BCUT2D eigenvalue weighted by Crippen LogP contribution is 2.19. The van der Waals surface area contributed by atoms with Crippen molar-refractivity contribution >= 4 is 17.5 Å². The second-order valence-corrected chi connectivity index (χ2v) is 6.01. The van der Waals surface area contributed by atoms with E-state index in [1.54, 1.807) is 12.1 Å². The molecule has 0 bridgehead atoms. The minimum atomic E-state index is -0.463. The molecule has 0 heterocycles. The molecule has 0 aliphatic carbocycles. The van der Waals surface area contributed by atoms with Crippen LogP contribution in [0.3, 0.4) is 0 Å². The molecule has 20 heavy (non-hydrogen) atoms. The summed E-state index contributed by atoms with van der Waals surface area (Å²) in [6.45, 7) is 5.89. The van der Waals surface area contributed by atoms with Gasteiger partial charge in [0.25, 0.3) is 0 Å². The van der Waals surface area contributed by atoms with Crippen LogP contribution < -0.4 is 11.5 Å². The Balaban J connectivity index is 2.58. The molecule has 1 atom stereocenters. The number of benzene rings is 1. The van der Waals surface area contributed by atoms with Crippen molar-refractivity contribution in [1.82, 2.24) is 4.90 Å². The summed E-state index contributed by atoms with van der Waals surface area (Å²) in [6.07, 6.45) is 0.950. The van der Waals surface area contributed by atoms with Gasteiger partial charge in [-0.05, 0) is 43.6 Å². The lowest BCUT2D eigenvalue weighted by molar-refractivity contribution is 0.100. The van der Waals surface area contributed by atoms with Gasteiger partial charge in [0.2, 0.25) is 5.91 Å². The van der Waals surface area contributed by atoms with Crippen LogP contribution in [0.5, 0.6) is 0 Å². The molecule has 1 amide bonds. The van der Waals surface area contributed by atoms with Crippen LogP contribution in [-0.2, 0) is 6.54 Å². The fourth-order valence-electron chi connectivity index (χ4n) is 1.90. The minimum Gasteiger partial charge on any atom is -0.366 e. The van der Waals surface area contributed by atoms with Crippen molar-refractivity contribution < 1.29 is 4.79 Å². The molecule has 0 saturated carbocycles. The van der Waals surface area contributed by atoms with Crippen LogP contribution in [-0.4, -0.2) is 30.4 Å². The van der Waals surface area contributed by atoms with E-state index in [1.807, 2.05) is 13.1 Å². The molecular weight excluding hydrogens is 274 g/mol. The van der Waals surface area contributed by atoms with E-state index < -0.39 is 5.91 Å². The first-order chi connectivity index (χ1) is 9.31. The van der Waals surface area contributed by atoms with E-state index in [9.17, 15) is 4.79 Å². The number of hydrogen-bond donors (Lipinski definition) is 2. The first-order valence-electron chi connectivity index (χ1n) is 6.83. The zero-order chi connectivity index (χ0) is 15.3. The third kappa shape index (κ3) is 5.12. The van der Waals surface area contributed by atoms with E-state index in [1.165, 1.54) is 0 Å². The Morgan fingerprint density at radius 3 is 2.55 bits per heavy atom. The number of nitrogens with two attached hydrogens (primary N) is 2. The molecule has 0 aliphatic rings. The minimum absolute atomic E-state index is 0.213. The number of nitrogens with zero attached hydrogens (tertiary/aromatic N) is 1. The van der Waals surface area contributed by atoms with Crippen LogP contribution in [0.1, 0.15) is 36.2 Å². The van der Waals surface area contributed by atoms with Crippen LogP contribution in [0, 0.1) is 5.92 Å². The molecule has 0 radical (unpaired) electrons. The largest absolute Gasteiger partial charge is 0.366 e. The molecule has 4 N–H and O–H groups in total. The van der Waals surface area contributed by atoms with Gasteiger partial charge in [-0.2, -0.15) is 0 Å². The molecule has 5 heteroatoms. The summed E-state index contributed by atoms with van der Waals surface area (Å²) >= 11 is 6.17. The number of halogens is 1. The Morgan fingerprint density at radius 2 is 2.05 bits per heavy atom. The summed E-state index contributed by atoms with van der Waals surface area (Å²) in [6, 6.07) is 5.39. The quantitative estimate of drug-likeness (QED) is 0.811. The summed E-state index contributed by atoms with van der Waals surface area (Å²) in [5.74, 6) is 0.0246. The van der Waals surface area contributed by atoms with Crippen LogP contribution in [0.4, 0.5) is 0 Å². The lowest BCUT2D eigenvalue weighted by atomic mass is 10.0. The highest BCUT2D eigenvalue weighted by Gasteiger charge is 2.11. The van der Waals surface area contributed by atoms with Gasteiger partial charge >= 0.3 is 0 Å². The van der Waals surface area contributed by atoms with Crippen molar-refractivity contribution in [3.63, 3.8) is 0 Å². The molecular formula is C15H24ClN3O. The van der Waals surface area contributed by atoms with Gasteiger partial charge in [-0.1, -0.05) is 31.5 Å². The molecule has 0 aromatic heterocycles. The third-order valence-electron chi connectivity index (χ3n) is 3.48. The SMILES string of the molecule is CC(C)C(N)CCN(C)Cc1ccc(C(N)=O)cc1Cl. The maximum absolute atomic E-state index is 11.1. The summed E-state index contributed by atoms with van der Waals surface area (Å²) in [5, 5.41) is 0.571. The zero-order valence-electron chi connectivity index (χ0n) is 12.4. The van der Waals surface area contributed by atoms with Gasteiger partial charge < -0.3 is 16.4 Å². The topological polar surface area (TPSA) is 72.3 Å². The van der Waals surface area contributed by atoms with Crippen LogP contribution in [0.15, 0.2) is 18.2 Å². The molecule has 0 saturated heterocycles. The molecule has 0 fully saturated rings. The number of primary amides is 1. The molecule has 1 aromatic carbocycles. The Morgan fingerprint density at radius 1 is 1.40 bits per heavy atom. The predicted molar refractivity (Wildman–Crippen MR) is 83.7 cm³/mol. The highest BCUT2D eigenvalue weighted by atomic mass is 35.5. The van der Waals surface area contributed by atoms with E-state index in [0.717, 1.165) is 25.1 Å². The summed E-state index contributed by atoms with van der Waals surface area (Å²) in [7, 11) is 2.03. The standard InChI is InChI=1S/C15H24ClN3O/c1-10(2)14(17)6-7-19(3)9-12-5-4-11(15(18)20)8-13(12)16/h4-5,8,10,14H,6-7,9,17H2,1-3H3,(H2,18,20). The lowest BCUT2D eigenvalue weighted by Crippen LogP contribution is -2.31. The average molecular weight is 298 g/mol. The predicted octanol–water partition coefficient (Wildman–Crippen LogP) is 2.24. The van der Waals surface area contributed by atoms with Gasteiger partial charge in [0.05, 0.1) is 0 Å². The van der Waals surface area contributed by atoms with Crippen LogP contribution >= 0.6 is 11.6 Å². The number of hydrogen-bond acceptors (Lipinski definition) is 3. The van der Waals surface area contributed by atoms with Gasteiger partial charge in [-0.25, -0.2) is 0 Å². The van der Waals surface area contributed by atoms with E-state index >= 15 is 0 Å². The normalized spacial score (nSPS) is 12.9. The molecule has 112 valence electrons. The zero-order valence-corrected chi connectivity index (χ0v) is 13.2. The van der Waals surface area contributed by atoms with Crippen LogP contribution in [0.2, 0.25) is 5.02 Å². The van der Waals surface area contributed by atoms with Gasteiger partial charge in [-0.3, -0.25) is 4.79 Å². The van der Waals surface area contributed by atoms with Crippen molar-refractivity contribution in [2.75, 3.05) is 13.6 Å². The van der Waals surface area contributed by atoms with E-state index in [4.69, 9.17) is 23.1 Å². The summed E-state index contributed by atoms with van der Waals surface area (Å²) in [5.41, 5.74) is 12.7. The molecule has 4 nitrogen and oxygen atoms in total. The monoisotopic (exact) mass is 297 g/mol. The summed E-state index contributed by atoms with van der Waals surface area (Å²) in [4.78, 5) is 13.2. The summed E-state index contributed by atoms with van der Waals surface area (Å²) < 4.78 is 0. The maximum Gasteiger partial charge on any atom is 0.248 e. The third-order valence-corrected chi connectivity index (χ3v) is 3.83. The number of carbonyl (C=O) groups excluding carboxylic acids is 1. The second-order valence-electron chi connectivity index (χ2n) is 5.60. The fraction of sp³-hybridized carbons (Fsp3) is 0.533. The van der Waals surface area contributed by atoms with Gasteiger partial charge in [0.1, 0.15) is 0 Å². The molecule has 0 aliphatic heterocycles. The van der Waals surface area contributed by atoms with Crippen molar-refractivity contribution in [2.45, 2.75) is 32.9 Å². The fourth-order valence-corrected chi connectivity index (χ4v) is 2.14. The molecule has 0 spiro atoms. The van der Waals surface area contributed by atoms with Gasteiger partial charge in [0.15, 0.2) is 0 Å². The van der Waals surface area contributed by atoms with Gasteiger partial charge in [-0.15, -0.1) is 0 Å². The van der Waals surface area contributed by atoms with E-state index in [0.29, 0.717) is 16.5 Å². The Bertz CT molecular complexity index is 462. The highest BCUT2D eigenvalue weighted by molar-refractivity contribution is 6.31. The number of amides is 1. The smallest absolute Gasteiger partial charge is 0.248 e. The van der Waals surface area contributed by atoms with Crippen molar-refractivity contribution in [3.05, 3.63) is 34.3 Å². The lowest BCUT2D eigenvalue weighted by Gasteiger charge is -2.21. The molecule has 1 rings (SSSR count). The molecule has 1 aromatic rings. The Hall–Kier alpha value is -1.10. The number of rotatable bonds is 7. The van der Waals surface area contributed by atoms with Crippen molar-refractivity contribution in [3.8, 4) is 0 Å². The van der Waals surface area contributed by atoms with Gasteiger partial charge in [0, 0.05) is 23.2 Å². The maximum atomic E-state index is 11.1. The second kappa shape index (κ2) is 7.62. The first kappa shape index (κ1) is 17.0. The van der Waals surface area contributed by atoms with E-state index in [-0.39, 0.29) is 6.04 Å². The Labute approximate surface area is 126 Å². The average Bonchev–Trinajstić information content (AvgIpc) is 2.37. The Kier molecular flexibility index (Phi) is 6.46. The van der Waals surface area contributed by atoms with E-state index in [2.05, 4.69) is 18.7 Å². The van der Waals surface area contributed by atoms with Crippen LogP contribution in [0.25, 0.3) is 0 Å². The number of carbonyl (C=O) groups is 1.